The first-order valence-corrected chi connectivity index (χ1v) is 8.41. The molecule has 0 saturated carbocycles. The molecule has 9 heteroatoms. The first-order valence-electron chi connectivity index (χ1n) is 8.41. The van der Waals surface area contributed by atoms with E-state index in [9.17, 15) is 9.59 Å². The van der Waals surface area contributed by atoms with Gasteiger partial charge < -0.3 is 21.1 Å². The molecule has 1 aliphatic heterocycles. The summed E-state index contributed by atoms with van der Waals surface area (Å²) in [7, 11) is 0. The summed E-state index contributed by atoms with van der Waals surface area (Å²) < 4.78 is 1.65. The average molecular weight is 358 g/mol. The van der Waals surface area contributed by atoms with E-state index in [0.29, 0.717) is 18.7 Å². The highest BCUT2D eigenvalue weighted by molar-refractivity contribution is 5.89. The Labute approximate surface area is 150 Å². The summed E-state index contributed by atoms with van der Waals surface area (Å²) in [5.41, 5.74) is 3.61. The van der Waals surface area contributed by atoms with Crippen molar-refractivity contribution < 1.29 is 14.7 Å². The maximum atomic E-state index is 12.0. The second kappa shape index (κ2) is 7.52. The fraction of sp³-hybridized carbons (Fsp3) is 0.412. The first-order chi connectivity index (χ1) is 12.4. The normalized spacial score (nSPS) is 19.3. The molecule has 2 heterocycles. The number of carboxylic acids is 1. The van der Waals surface area contributed by atoms with Crippen molar-refractivity contribution in [2.75, 3.05) is 11.9 Å². The highest BCUT2D eigenvalue weighted by atomic mass is 16.4. The van der Waals surface area contributed by atoms with E-state index < -0.39 is 12.0 Å². The smallest absolute Gasteiger partial charge is 0.320 e. The molecule has 4 N–H and O–H groups in total. The van der Waals surface area contributed by atoms with Crippen LogP contribution in [0.4, 0.5) is 10.5 Å². The van der Waals surface area contributed by atoms with Gasteiger partial charge in [0.1, 0.15) is 11.7 Å². The highest BCUT2D eigenvalue weighted by Gasteiger charge is 2.30. The van der Waals surface area contributed by atoms with Crippen LogP contribution in [0.2, 0.25) is 0 Å². The molecule has 1 fully saturated rings. The number of aryl methyl sites for hydroxylation is 2. The topological polar surface area (TPSA) is 121 Å². The average Bonchev–Trinajstić information content (AvgIpc) is 3.25. The number of aliphatic carboxylic acids is 1. The minimum Gasteiger partial charge on any atom is -0.480 e. The number of nitrogens with one attached hydrogen (secondary N) is 3. The third kappa shape index (κ3) is 4.17. The number of carboxylic acid groups (broad SMARTS) is 1. The molecule has 3 rings (SSSR count). The van der Waals surface area contributed by atoms with Crippen molar-refractivity contribution in [3.8, 4) is 0 Å². The minimum absolute atomic E-state index is 0.0540. The van der Waals surface area contributed by atoms with Crippen molar-refractivity contribution in [1.29, 1.82) is 0 Å². The third-order valence-electron chi connectivity index (χ3n) is 4.53. The Hall–Kier alpha value is -2.94. The molecule has 0 aliphatic carbocycles. The SMILES string of the molecule is Cc1ccc(NC(=O)NCc2cn([C@@H]3CN[C@H](C(=O)O)C3)nn2)cc1C. The van der Waals surface area contributed by atoms with Crippen LogP contribution in [0.25, 0.3) is 0 Å². The number of rotatable bonds is 5. The van der Waals surface area contributed by atoms with Gasteiger partial charge in [0.2, 0.25) is 0 Å². The number of carbonyl (C=O) groups excluding carboxylic acids is 1. The zero-order valence-corrected chi connectivity index (χ0v) is 14.7. The van der Waals surface area contributed by atoms with Gasteiger partial charge in [-0.3, -0.25) is 4.79 Å². The van der Waals surface area contributed by atoms with Crippen LogP contribution < -0.4 is 16.0 Å². The summed E-state index contributed by atoms with van der Waals surface area (Å²) in [6.07, 6.45) is 2.19. The van der Waals surface area contributed by atoms with Crippen LogP contribution in [-0.2, 0) is 11.3 Å². The molecular weight excluding hydrogens is 336 g/mol. The van der Waals surface area contributed by atoms with Crippen LogP contribution in [0, 0.1) is 13.8 Å². The summed E-state index contributed by atoms with van der Waals surface area (Å²) in [5.74, 6) is -0.863. The third-order valence-corrected chi connectivity index (χ3v) is 4.53. The highest BCUT2D eigenvalue weighted by Crippen LogP contribution is 2.19. The molecule has 1 aromatic carbocycles. The molecule has 2 aromatic rings. The van der Waals surface area contributed by atoms with Crippen molar-refractivity contribution in [1.82, 2.24) is 25.6 Å². The van der Waals surface area contributed by atoms with E-state index in [-0.39, 0.29) is 18.6 Å². The van der Waals surface area contributed by atoms with Gasteiger partial charge in [0.05, 0.1) is 18.8 Å². The number of hydrogen-bond donors (Lipinski definition) is 4. The van der Waals surface area contributed by atoms with Crippen LogP contribution in [0.15, 0.2) is 24.4 Å². The molecule has 0 bridgehead atoms. The molecular formula is C17H22N6O3. The summed E-state index contributed by atoms with van der Waals surface area (Å²) in [6.45, 7) is 4.77. The lowest BCUT2D eigenvalue weighted by Gasteiger charge is -2.08. The Bertz CT molecular complexity index is 819. The van der Waals surface area contributed by atoms with E-state index >= 15 is 0 Å². The molecule has 1 aliphatic rings. The van der Waals surface area contributed by atoms with Crippen molar-refractivity contribution >= 4 is 17.7 Å². The lowest BCUT2D eigenvalue weighted by atomic mass is 10.1. The Morgan fingerprint density at radius 3 is 2.85 bits per heavy atom. The van der Waals surface area contributed by atoms with Crippen molar-refractivity contribution in [3.05, 3.63) is 41.2 Å². The number of aromatic nitrogens is 3. The van der Waals surface area contributed by atoms with E-state index in [2.05, 4.69) is 26.3 Å². The van der Waals surface area contributed by atoms with Gasteiger partial charge in [-0.1, -0.05) is 11.3 Å². The van der Waals surface area contributed by atoms with Crippen LogP contribution in [-0.4, -0.2) is 44.7 Å². The number of benzene rings is 1. The predicted octanol–water partition coefficient (Wildman–Crippen LogP) is 1.20. The Balaban J connectivity index is 1.51. The van der Waals surface area contributed by atoms with Crippen molar-refractivity contribution in [3.63, 3.8) is 0 Å². The van der Waals surface area contributed by atoms with Gasteiger partial charge >= 0.3 is 12.0 Å². The van der Waals surface area contributed by atoms with Gasteiger partial charge in [0.25, 0.3) is 0 Å². The summed E-state index contributed by atoms with van der Waals surface area (Å²) in [6, 6.07) is 4.78. The number of amides is 2. The van der Waals surface area contributed by atoms with E-state index in [1.54, 1.807) is 10.9 Å². The molecule has 1 saturated heterocycles. The number of urea groups is 1. The van der Waals surface area contributed by atoms with Crippen LogP contribution >= 0.6 is 0 Å². The lowest BCUT2D eigenvalue weighted by molar-refractivity contribution is -0.139. The van der Waals surface area contributed by atoms with E-state index in [4.69, 9.17) is 5.11 Å². The Morgan fingerprint density at radius 2 is 2.15 bits per heavy atom. The maximum Gasteiger partial charge on any atom is 0.320 e. The maximum absolute atomic E-state index is 12.0. The molecule has 26 heavy (non-hydrogen) atoms. The molecule has 0 spiro atoms. The van der Waals surface area contributed by atoms with E-state index in [0.717, 1.165) is 11.3 Å². The summed E-state index contributed by atoms with van der Waals surface area (Å²) >= 11 is 0. The zero-order chi connectivity index (χ0) is 18.7. The van der Waals surface area contributed by atoms with Gasteiger partial charge in [0, 0.05) is 12.2 Å². The van der Waals surface area contributed by atoms with Gasteiger partial charge in [-0.15, -0.1) is 5.10 Å². The number of nitrogens with zero attached hydrogens (tertiary/aromatic N) is 3. The van der Waals surface area contributed by atoms with E-state index in [1.807, 2.05) is 32.0 Å². The molecule has 0 radical (unpaired) electrons. The predicted molar refractivity (Wildman–Crippen MR) is 94.9 cm³/mol. The fourth-order valence-corrected chi connectivity index (χ4v) is 2.84. The Kier molecular flexibility index (Phi) is 5.17. The number of hydrogen-bond acceptors (Lipinski definition) is 5. The van der Waals surface area contributed by atoms with Gasteiger partial charge in [0.15, 0.2) is 0 Å². The Morgan fingerprint density at radius 1 is 1.35 bits per heavy atom. The van der Waals surface area contributed by atoms with E-state index in [1.165, 1.54) is 5.56 Å². The fourth-order valence-electron chi connectivity index (χ4n) is 2.84. The second-order valence-corrected chi connectivity index (χ2v) is 6.49. The molecule has 1 aromatic heterocycles. The van der Waals surface area contributed by atoms with Crippen LogP contribution in [0.3, 0.4) is 0 Å². The van der Waals surface area contributed by atoms with Gasteiger partial charge in [-0.05, 0) is 43.5 Å². The quantitative estimate of drug-likeness (QED) is 0.637. The molecule has 9 nitrogen and oxygen atoms in total. The van der Waals surface area contributed by atoms with Crippen LogP contribution in [0.5, 0.6) is 0 Å². The van der Waals surface area contributed by atoms with Crippen molar-refractivity contribution in [2.45, 2.75) is 38.9 Å². The first kappa shape index (κ1) is 17.9. The number of anilines is 1. The monoisotopic (exact) mass is 358 g/mol. The number of carbonyl (C=O) groups is 2. The largest absolute Gasteiger partial charge is 0.480 e. The molecule has 2 amide bonds. The lowest BCUT2D eigenvalue weighted by Crippen LogP contribution is -2.29. The minimum atomic E-state index is -0.863. The molecule has 2 atom stereocenters. The second-order valence-electron chi connectivity index (χ2n) is 6.49. The van der Waals surface area contributed by atoms with Crippen molar-refractivity contribution in [2.24, 2.45) is 0 Å². The van der Waals surface area contributed by atoms with Gasteiger partial charge in [-0.25, -0.2) is 9.48 Å². The molecule has 0 unspecified atom stereocenters. The van der Waals surface area contributed by atoms with Gasteiger partial charge in [-0.2, -0.15) is 0 Å². The standard InChI is InChI=1S/C17H22N6O3/c1-10-3-4-12(5-11(10)2)20-17(26)19-7-13-9-23(22-21-13)14-6-15(16(24)25)18-8-14/h3-5,9,14-15,18H,6-8H2,1-2H3,(H,24,25)(H2,19,20,26)/t14-,15-/m0/s1. The summed E-state index contributed by atoms with van der Waals surface area (Å²) in [4.78, 5) is 23.0. The summed E-state index contributed by atoms with van der Waals surface area (Å²) in [5, 5.41) is 25.5. The van der Waals surface area contributed by atoms with Crippen LogP contribution in [0.1, 0.15) is 29.3 Å². The molecule has 138 valence electrons. The zero-order valence-electron chi connectivity index (χ0n) is 14.7.